The van der Waals surface area contributed by atoms with E-state index in [1.807, 2.05) is 33.2 Å². The number of rotatable bonds is 9. The Kier molecular flexibility index (Phi) is 7.97. The van der Waals surface area contributed by atoms with Gasteiger partial charge in [0.2, 0.25) is 0 Å². The first-order valence-corrected chi connectivity index (χ1v) is 7.40. The van der Waals surface area contributed by atoms with E-state index in [0.717, 1.165) is 18.5 Å². The highest BCUT2D eigenvalue weighted by Crippen LogP contribution is 2.04. The van der Waals surface area contributed by atoms with Crippen LogP contribution in [0.25, 0.3) is 0 Å². The fourth-order valence-corrected chi connectivity index (χ4v) is 1.98. The Labute approximate surface area is 127 Å². The molecule has 0 spiro atoms. The van der Waals surface area contributed by atoms with Crippen LogP contribution in [0.5, 0.6) is 0 Å². The second-order valence-corrected chi connectivity index (χ2v) is 5.28. The normalized spacial score (nSPS) is 12.4. The standard InChI is InChI=1S/C16H27N3O2/c1-4-21-15(9-10-19(2)3)12-18-16(20)14-7-5-13(11-17)6-8-14/h5-8,15H,4,9-12,17H2,1-3H3,(H,18,20). The summed E-state index contributed by atoms with van der Waals surface area (Å²) in [6.45, 7) is 4.57. The van der Waals surface area contributed by atoms with Crippen LogP contribution < -0.4 is 11.1 Å². The molecule has 1 atom stereocenters. The lowest BCUT2D eigenvalue weighted by molar-refractivity contribution is 0.0496. The molecule has 21 heavy (non-hydrogen) atoms. The van der Waals surface area contributed by atoms with E-state index in [1.165, 1.54) is 0 Å². The lowest BCUT2D eigenvalue weighted by atomic mass is 10.1. The van der Waals surface area contributed by atoms with Crippen molar-refractivity contribution in [1.82, 2.24) is 10.2 Å². The van der Waals surface area contributed by atoms with Crippen molar-refractivity contribution in [3.8, 4) is 0 Å². The summed E-state index contributed by atoms with van der Waals surface area (Å²) >= 11 is 0. The second kappa shape index (κ2) is 9.50. The summed E-state index contributed by atoms with van der Waals surface area (Å²) in [5, 5.41) is 2.93. The van der Waals surface area contributed by atoms with Gasteiger partial charge in [-0.15, -0.1) is 0 Å². The van der Waals surface area contributed by atoms with Gasteiger partial charge >= 0.3 is 0 Å². The molecule has 0 bridgehead atoms. The van der Waals surface area contributed by atoms with Gasteiger partial charge in [0.05, 0.1) is 6.10 Å². The maximum absolute atomic E-state index is 12.1. The van der Waals surface area contributed by atoms with Crippen molar-refractivity contribution < 1.29 is 9.53 Å². The first-order chi connectivity index (χ1) is 10.1. The van der Waals surface area contributed by atoms with Crippen molar-refractivity contribution >= 4 is 5.91 Å². The number of nitrogens with two attached hydrogens (primary N) is 1. The third-order valence-corrected chi connectivity index (χ3v) is 3.24. The smallest absolute Gasteiger partial charge is 0.251 e. The first-order valence-electron chi connectivity index (χ1n) is 7.40. The third-order valence-electron chi connectivity index (χ3n) is 3.24. The van der Waals surface area contributed by atoms with Crippen LogP contribution in [-0.4, -0.2) is 50.7 Å². The highest BCUT2D eigenvalue weighted by Gasteiger charge is 2.12. The van der Waals surface area contributed by atoms with Crippen LogP contribution in [0.2, 0.25) is 0 Å². The van der Waals surface area contributed by atoms with Crippen LogP contribution in [0, 0.1) is 0 Å². The zero-order valence-electron chi connectivity index (χ0n) is 13.3. The Morgan fingerprint density at radius 1 is 1.33 bits per heavy atom. The van der Waals surface area contributed by atoms with Gasteiger partial charge in [-0.2, -0.15) is 0 Å². The summed E-state index contributed by atoms with van der Waals surface area (Å²) in [5.74, 6) is -0.0758. The van der Waals surface area contributed by atoms with Gasteiger partial charge < -0.3 is 20.7 Å². The maximum atomic E-state index is 12.1. The van der Waals surface area contributed by atoms with Crippen molar-refractivity contribution in [3.05, 3.63) is 35.4 Å². The molecule has 0 heterocycles. The minimum Gasteiger partial charge on any atom is -0.377 e. The van der Waals surface area contributed by atoms with E-state index in [2.05, 4.69) is 10.2 Å². The van der Waals surface area contributed by atoms with Gasteiger partial charge in [-0.05, 0) is 45.1 Å². The first kappa shape index (κ1) is 17.6. The van der Waals surface area contributed by atoms with E-state index in [0.29, 0.717) is 25.3 Å². The van der Waals surface area contributed by atoms with E-state index < -0.39 is 0 Å². The fourth-order valence-electron chi connectivity index (χ4n) is 1.98. The molecule has 3 N–H and O–H groups in total. The molecule has 0 aromatic heterocycles. The van der Waals surface area contributed by atoms with Gasteiger partial charge in [0, 0.05) is 31.8 Å². The monoisotopic (exact) mass is 293 g/mol. The van der Waals surface area contributed by atoms with Gasteiger partial charge in [-0.25, -0.2) is 0 Å². The SMILES string of the molecule is CCOC(CCN(C)C)CNC(=O)c1ccc(CN)cc1. The average Bonchev–Trinajstić information content (AvgIpc) is 2.49. The summed E-state index contributed by atoms with van der Waals surface area (Å²) in [7, 11) is 4.06. The zero-order valence-corrected chi connectivity index (χ0v) is 13.3. The molecule has 0 aliphatic heterocycles. The van der Waals surface area contributed by atoms with Crippen molar-refractivity contribution in [1.29, 1.82) is 0 Å². The molecule has 0 fully saturated rings. The molecule has 5 heteroatoms. The van der Waals surface area contributed by atoms with Gasteiger partial charge in [0.1, 0.15) is 0 Å². The topological polar surface area (TPSA) is 67.6 Å². The van der Waals surface area contributed by atoms with Crippen molar-refractivity contribution in [2.24, 2.45) is 5.73 Å². The lowest BCUT2D eigenvalue weighted by Crippen LogP contribution is -2.35. The van der Waals surface area contributed by atoms with Crippen LogP contribution >= 0.6 is 0 Å². The Balaban J connectivity index is 2.47. The van der Waals surface area contributed by atoms with E-state index in [9.17, 15) is 4.79 Å². The number of hydrogen-bond donors (Lipinski definition) is 2. The van der Waals surface area contributed by atoms with Crippen LogP contribution in [0.4, 0.5) is 0 Å². The summed E-state index contributed by atoms with van der Waals surface area (Å²) in [6.07, 6.45) is 0.942. The summed E-state index contributed by atoms with van der Waals surface area (Å²) in [4.78, 5) is 14.2. The molecule has 118 valence electrons. The molecular weight excluding hydrogens is 266 g/mol. The largest absolute Gasteiger partial charge is 0.377 e. The third kappa shape index (κ3) is 6.71. The van der Waals surface area contributed by atoms with Crippen molar-refractivity contribution in [2.45, 2.75) is 26.0 Å². The van der Waals surface area contributed by atoms with Crippen LogP contribution in [0.3, 0.4) is 0 Å². The Morgan fingerprint density at radius 3 is 2.52 bits per heavy atom. The molecule has 5 nitrogen and oxygen atoms in total. The summed E-state index contributed by atoms with van der Waals surface area (Å²) < 4.78 is 5.66. The van der Waals surface area contributed by atoms with Crippen molar-refractivity contribution in [3.63, 3.8) is 0 Å². The molecule has 1 amide bonds. The number of carbonyl (C=O) groups excluding carboxylic acids is 1. The Hall–Kier alpha value is -1.43. The highest BCUT2D eigenvalue weighted by molar-refractivity contribution is 5.94. The Bertz CT molecular complexity index is 418. The van der Waals surface area contributed by atoms with Crippen molar-refractivity contribution in [2.75, 3.05) is 33.8 Å². The molecule has 1 aromatic rings. The number of benzene rings is 1. The van der Waals surface area contributed by atoms with E-state index in [1.54, 1.807) is 12.1 Å². The predicted octanol–water partition coefficient (Wildman–Crippen LogP) is 1.23. The van der Waals surface area contributed by atoms with E-state index in [4.69, 9.17) is 10.5 Å². The van der Waals surface area contributed by atoms with E-state index in [-0.39, 0.29) is 12.0 Å². The number of nitrogens with zero attached hydrogens (tertiary/aromatic N) is 1. The van der Waals surface area contributed by atoms with E-state index >= 15 is 0 Å². The number of hydrogen-bond acceptors (Lipinski definition) is 4. The molecule has 0 radical (unpaired) electrons. The number of carbonyl (C=O) groups is 1. The van der Waals surface area contributed by atoms with Crippen LogP contribution in [0.1, 0.15) is 29.3 Å². The average molecular weight is 293 g/mol. The van der Waals surface area contributed by atoms with Gasteiger partial charge in [0.15, 0.2) is 0 Å². The second-order valence-electron chi connectivity index (χ2n) is 5.28. The minimum absolute atomic E-state index is 0.0460. The molecule has 0 saturated heterocycles. The number of ether oxygens (including phenoxy) is 1. The van der Waals surface area contributed by atoms with Crippen LogP contribution in [0.15, 0.2) is 24.3 Å². The maximum Gasteiger partial charge on any atom is 0.251 e. The molecule has 0 saturated carbocycles. The quantitative estimate of drug-likeness (QED) is 0.718. The molecule has 0 aliphatic rings. The molecule has 1 rings (SSSR count). The molecule has 0 aliphatic carbocycles. The number of amides is 1. The van der Waals surface area contributed by atoms with Gasteiger partial charge in [-0.1, -0.05) is 12.1 Å². The summed E-state index contributed by atoms with van der Waals surface area (Å²) in [6, 6.07) is 7.35. The molecular formula is C16H27N3O2. The number of nitrogens with one attached hydrogen (secondary N) is 1. The highest BCUT2D eigenvalue weighted by atomic mass is 16.5. The van der Waals surface area contributed by atoms with Gasteiger partial charge in [-0.3, -0.25) is 4.79 Å². The van der Waals surface area contributed by atoms with Crippen LogP contribution in [-0.2, 0) is 11.3 Å². The van der Waals surface area contributed by atoms with Gasteiger partial charge in [0.25, 0.3) is 5.91 Å². The summed E-state index contributed by atoms with van der Waals surface area (Å²) in [5.41, 5.74) is 7.21. The lowest BCUT2D eigenvalue weighted by Gasteiger charge is -2.19. The zero-order chi connectivity index (χ0) is 15.7. The fraction of sp³-hybridized carbons (Fsp3) is 0.562. The Morgan fingerprint density at radius 2 is 2.00 bits per heavy atom. The minimum atomic E-state index is -0.0758. The molecule has 1 aromatic carbocycles. The molecule has 1 unspecified atom stereocenters. The predicted molar refractivity (Wildman–Crippen MR) is 85.3 cm³/mol.